The molecule has 0 saturated carbocycles. The zero-order valence-corrected chi connectivity index (χ0v) is 14.4. The fraction of sp³-hybridized carbons (Fsp3) is 0.222. The third-order valence-electron chi connectivity index (χ3n) is 3.38. The summed E-state index contributed by atoms with van der Waals surface area (Å²) in [4.78, 5) is 25.2. The van der Waals surface area contributed by atoms with Crippen LogP contribution in [0.1, 0.15) is 15.9 Å². The first-order valence-corrected chi connectivity index (χ1v) is 7.91. The zero-order chi connectivity index (χ0) is 17.5. The van der Waals surface area contributed by atoms with Crippen molar-refractivity contribution in [3.63, 3.8) is 0 Å². The van der Waals surface area contributed by atoms with Gasteiger partial charge in [0, 0.05) is 36.9 Å². The summed E-state index contributed by atoms with van der Waals surface area (Å²) in [6, 6.07) is 14.3. The molecule has 0 unspecified atom stereocenters. The van der Waals surface area contributed by atoms with E-state index < -0.39 is 0 Å². The van der Waals surface area contributed by atoms with E-state index in [1.54, 1.807) is 38.4 Å². The fourth-order valence-corrected chi connectivity index (χ4v) is 2.31. The number of nitrogens with one attached hydrogen (secondary N) is 2. The second kappa shape index (κ2) is 8.47. The van der Waals surface area contributed by atoms with E-state index in [0.717, 1.165) is 5.56 Å². The van der Waals surface area contributed by atoms with Crippen LogP contribution in [0.3, 0.4) is 0 Å². The number of hydrogen-bond donors (Lipinski definition) is 2. The monoisotopic (exact) mass is 345 g/mol. The van der Waals surface area contributed by atoms with Gasteiger partial charge in [0.1, 0.15) is 0 Å². The maximum absolute atomic E-state index is 11.9. The van der Waals surface area contributed by atoms with Crippen LogP contribution in [0.15, 0.2) is 48.5 Å². The fourth-order valence-electron chi connectivity index (χ4n) is 2.11. The molecule has 0 aliphatic carbocycles. The van der Waals surface area contributed by atoms with Gasteiger partial charge in [-0.1, -0.05) is 29.8 Å². The number of carbonyl (C=O) groups is 2. The van der Waals surface area contributed by atoms with Crippen molar-refractivity contribution in [2.24, 2.45) is 0 Å². The van der Waals surface area contributed by atoms with Gasteiger partial charge in [-0.15, -0.1) is 0 Å². The van der Waals surface area contributed by atoms with E-state index in [-0.39, 0.29) is 18.4 Å². The first kappa shape index (κ1) is 18.0. The predicted molar refractivity (Wildman–Crippen MR) is 96.2 cm³/mol. The van der Waals surface area contributed by atoms with E-state index >= 15 is 0 Å². The lowest BCUT2D eigenvalue weighted by Gasteiger charge is -2.11. The molecule has 0 aromatic heterocycles. The largest absolute Gasteiger partial charge is 0.345 e. The van der Waals surface area contributed by atoms with E-state index in [1.807, 2.05) is 24.3 Å². The molecule has 2 aromatic carbocycles. The highest BCUT2D eigenvalue weighted by Gasteiger charge is 2.08. The Morgan fingerprint density at radius 2 is 1.71 bits per heavy atom. The Morgan fingerprint density at radius 1 is 1.04 bits per heavy atom. The summed E-state index contributed by atoms with van der Waals surface area (Å²) in [5, 5.41) is 6.50. The normalized spacial score (nSPS) is 10.3. The number of benzene rings is 2. The Hall–Kier alpha value is -2.37. The average molecular weight is 346 g/mol. The van der Waals surface area contributed by atoms with Crippen molar-refractivity contribution in [3.05, 3.63) is 64.7 Å². The average Bonchev–Trinajstić information content (AvgIpc) is 2.56. The maximum Gasteiger partial charge on any atom is 0.253 e. The molecule has 2 amide bonds. The molecule has 6 heteroatoms. The van der Waals surface area contributed by atoms with Crippen LogP contribution in [0, 0.1) is 0 Å². The lowest BCUT2D eigenvalue weighted by molar-refractivity contribution is -0.115. The van der Waals surface area contributed by atoms with Gasteiger partial charge in [-0.05, 0) is 35.9 Å². The van der Waals surface area contributed by atoms with Crippen LogP contribution in [0.5, 0.6) is 0 Å². The summed E-state index contributed by atoms with van der Waals surface area (Å²) in [6.45, 7) is 0.687. The SMILES string of the molecule is CN(C)C(=O)c1ccc(NC(=O)CNCc2ccccc2Cl)cc1. The molecule has 0 heterocycles. The Bertz CT molecular complexity index is 714. The molecule has 0 bridgehead atoms. The first-order valence-electron chi connectivity index (χ1n) is 7.53. The number of hydrogen-bond acceptors (Lipinski definition) is 3. The van der Waals surface area contributed by atoms with Crippen molar-refractivity contribution in [2.75, 3.05) is 26.0 Å². The van der Waals surface area contributed by atoms with Gasteiger partial charge in [0.15, 0.2) is 0 Å². The Morgan fingerprint density at radius 3 is 2.33 bits per heavy atom. The Kier molecular flexibility index (Phi) is 6.35. The number of rotatable bonds is 6. The molecule has 0 aliphatic rings. The highest BCUT2D eigenvalue weighted by atomic mass is 35.5. The third-order valence-corrected chi connectivity index (χ3v) is 3.75. The van der Waals surface area contributed by atoms with Gasteiger partial charge >= 0.3 is 0 Å². The number of carbonyl (C=O) groups excluding carboxylic acids is 2. The standard InChI is InChI=1S/C18H20ClN3O2/c1-22(2)18(24)13-7-9-15(10-8-13)21-17(23)12-20-11-14-5-3-4-6-16(14)19/h3-10,20H,11-12H2,1-2H3,(H,21,23). The van der Waals surface area contributed by atoms with Gasteiger partial charge in [0.25, 0.3) is 5.91 Å². The van der Waals surface area contributed by atoms with Crippen LogP contribution in [-0.4, -0.2) is 37.4 Å². The third kappa shape index (κ3) is 5.08. The summed E-state index contributed by atoms with van der Waals surface area (Å²) >= 11 is 6.06. The lowest BCUT2D eigenvalue weighted by Crippen LogP contribution is -2.27. The highest BCUT2D eigenvalue weighted by Crippen LogP contribution is 2.14. The van der Waals surface area contributed by atoms with E-state index in [4.69, 9.17) is 11.6 Å². The molecule has 2 aromatic rings. The van der Waals surface area contributed by atoms with E-state index in [1.165, 1.54) is 4.90 Å². The second-order valence-electron chi connectivity index (χ2n) is 5.52. The van der Waals surface area contributed by atoms with Crippen LogP contribution in [0.4, 0.5) is 5.69 Å². The van der Waals surface area contributed by atoms with Gasteiger partial charge in [0.2, 0.25) is 5.91 Å². The molecule has 0 atom stereocenters. The molecule has 0 radical (unpaired) electrons. The van der Waals surface area contributed by atoms with E-state index in [0.29, 0.717) is 22.8 Å². The maximum atomic E-state index is 11.9. The Balaban J connectivity index is 1.82. The molecule has 0 aliphatic heterocycles. The molecule has 2 N–H and O–H groups in total. The van der Waals surface area contributed by atoms with Crippen molar-refractivity contribution in [2.45, 2.75) is 6.54 Å². The molecule has 0 saturated heterocycles. The molecule has 2 rings (SSSR count). The van der Waals surface area contributed by atoms with E-state index in [2.05, 4.69) is 10.6 Å². The molecule has 126 valence electrons. The number of halogens is 1. The summed E-state index contributed by atoms with van der Waals surface area (Å²) in [6.07, 6.45) is 0. The Labute approximate surface area is 146 Å². The summed E-state index contributed by atoms with van der Waals surface area (Å²) in [5.41, 5.74) is 2.17. The van der Waals surface area contributed by atoms with Gasteiger partial charge < -0.3 is 15.5 Å². The smallest absolute Gasteiger partial charge is 0.253 e. The molecule has 5 nitrogen and oxygen atoms in total. The molecular weight excluding hydrogens is 326 g/mol. The van der Waals surface area contributed by atoms with Crippen LogP contribution >= 0.6 is 11.6 Å². The zero-order valence-electron chi connectivity index (χ0n) is 13.7. The minimum atomic E-state index is -0.159. The molecule has 0 spiro atoms. The topological polar surface area (TPSA) is 61.4 Å². The summed E-state index contributed by atoms with van der Waals surface area (Å²) in [7, 11) is 3.39. The summed E-state index contributed by atoms with van der Waals surface area (Å²) in [5.74, 6) is -0.233. The number of anilines is 1. The van der Waals surface area contributed by atoms with Crippen molar-refractivity contribution in [1.82, 2.24) is 10.2 Å². The second-order valence-corrected chi connectivity index (χ2v) is 5.93. The first-order chi connectivity index (χ1) is 11.5. The van der Waals surface area contributed by atoms with Crippen LogP contribution in [0.2, 0.25) is 5.02 Å². The molecule has 24 heavy (non-hydrogen) atoms. The van der Waals surface area contributed by atoms with Crippen molar-refractivity contribution in [3.8, 4) is 0 Å². The van der Waals surface area contributed by atoms with Crippen LogP contribution in [-0.2, 0) is 11.3 Å². The number of nitrogens with zero attached hydrogens (tertiary/aromatic N) is 1. The van der Waals surface area contributed by atoms with Crippen LogP contribution < -0.4 is 10.6 Å². The predicted octanol–water partition coefficient (Wildman–Crippen LogP) is 2.77. The summed E-state index contributed by atoms with van der Waals surface area (Å²) < 4.78 is 0. The van der Waals surface area contributed by atoms with Crippen molar-refractivity contribution < 1.29 is 9.59 Å². The van der Waals surface area contributed by atoms with Crippen molar-refractivity contribution >= 4 is 29.1 Å². The van der Waals surface area contributed by atoms with Gasteiger partial charge in [0.05, 0.1) is 6.54 Å². The van der Waals surface area contributed by atoms with Gasteiger partial charge in [-0.25, -0.2) is 0 Å². The highest BCUT2D eigenvalue weighted by molar-refractivity contribution is 6.31. The van der Waals surface area contributed by atoms with Gasteiger partial charge in [-0.2, -0.15) is 0 Å². The van der Waals surface area contributed by atoms with Crippen molar-refractivity contribution in [1.29, 1.82) is 0 Å². The minimum Gasteiger partial charge on any atom is -0.345 e. The van der Waals surface area contributed by atoms with E-state index in [9.17, 15) is 9.59 Å². The number of amides is 2. The quantitative estimate of drug-likeness (QED) is 0.846. The van der Waals surface area contributed by atoms with Gasteiger partial charge in [-0.3, -0.25) is 9.59 Å². The molecular formula is C18H20ClN3O2. The molecule has 0 fully saturated rings. The minimum absolute atomic E-state index is 0.0747. The van der Waals surface area contributed by atoms with Crippen LogP contribution in [0.25, 0.3) is 0 Å². The lowest BCUT2D eigenvalue weighted by atomic mass is 10.2.